The van der Waals surface area contributed by atoms with Crippen molar-refractivity contribution in [1.29, 1.82) is 0 Å². The second kappa shape index (κ2) is 4.83. The Morgan fingerprint density at radius 3 is 2.63 bits per heavy atom. The van der Waals surface area contributed by atoms with Crippen molar-refractivity contribution in [3.05, 3.63) is 0 Å². The number of carbonyl (C=O) groups excluding carboxylic acids is 3. The van der Waals surface area contributed by atoms with Gasteiger partial charge in [-0.15, -0.1) is 0 Å². The Balaban J connectivity index is 1.97. The van der Waals surface area contributed by atoms with Crippen molar-refractivity contribution in [3.63, 3.8) is 0 Å². The molecule has 1 aliphatic heterocycles. The van der Waals surface area contributed by atoms with Gasteiger partial charge >= 0.3 is 6.03 Å². The molecule has 0 aromatic rings. The van der Waals surface area contributed by atoms with Crippen LogP contribution in [0.15, 0.2) is 0 Å². The average molecular weight is 267 g/mol. The van der Waals surface area contributed by atoms with Crippen LogP contribution in [0.25, 0.3) is 0 Å². The van der Waals surface area contributed by atoms with E-state index < -0.39 is 11.4 Å². The molecule has 2 fully saturated rings. The maximum Gasteiger partial charge on any atom is 0.324 e. The second-order valence-corrected chi connectivity index (χ2v) is 6.15. The summed E-state index contributed by atoms with van der Waals surface area (Å²) in [5.74, 6) is 0.119. The predicted molar refractivity (Wildman–Crippen MR) is 69.3 cm³/mol. The maximum absolute atomic E-state index is 12.1. The third-order valence-electron chi connectivity index (χ3n) is 3.70. The Hall–Kier alpha value is -1.59. The van der Waals surface area contributed by atoms with E-state index in [-0.39, 0.29) is 18.4 Å². The minimum Gasteiger partial charge on any atom is -0.344 e. The molecule has 1 saturated heterocycles. The molecule has 2 rings (SSSR count). The van der Waals surface area contributed by atoms with Crippen molar-refractivity contribution >= 4 is 17.8 Å². The third-order valence-corrected chi connectivity index (χ3v) is 3.70. The molecule has 0 aromatic heterocycles. The zero-order chi connectivity index (χ0) is 14.2. The smallest absolute Gasteiger partial charge is 0.324 e. The summed E-state index contributed by atoms with van der Waals surface area (Å²) in [5.41, 5.74) is -0.650. The van der Waals surface area contributed by atoms with Crippen LogP contribution in [0.2, 0.25) is 0 Å². The van der Waals surface area contributed by atoms with Crippen LogP contribution in [0.5, 0.6) is 0 Å². The van der Waals surface area contributed by atoms with Crippen LogP contribution in [0.4, 0.5) is 4.79 Å². The molecule has 0 spiro atoms. The number of carbonyl (C=O) groups is 3. The van der Waals surface area contributed by atoms with Crippen molar-refractivity contribution < 1.29 is 14.4 Å². The van der Waals surface area contributed by atoms with Gasteiger partial charge in [-0.1, -0.05) is 0 Å². The highest BCUT2D eigenvalue weighted by Gasteiger charge is 2.41. The summed E-state index contributed by atoms with van der Waals surface area (Å²) in [4.78, 5) is 38.5. The highest BCUT2D eigenvalue weighted by Crippen LogP contribution is 2.29. The molecule has 1 N–H and O–H groups in total. The SMILES string of the molecule is CN(CC1CC1)C(=O)CN1C(=O)NCC(C)(C)C1=O. The van der Waals surface area contributed by atoms with Crippen LogP contribution in [0, 0.1) is 11.3 Å². The number of amides is 4. The van der Waals surface area contributed by atoms with E-state index in [1.54, 1.807) is 25.8 Å². The summed E-state index contributed by atoms with van der Waals surface area (Å²) in [7, 11) is 1.72. The van der Waals surface area contributed by atoms with Gasteiger partial charge in [0.05, 0.1) is 5.41 Å². The molecule has 4 amide bonds. The largest absolute Gasteiger partial charge is 0.344 e. The van der Waals surface area contributed by atoms with E-state index in [1.807, 2.05) is 0 Å². The first-order valence-corrected chi connectivity index (χ1v) is 6.65. The first kappa shape index (κ1) is 13.8. The fourth-order valence-electron chi connectivity index (χ4n) is 2.11. The van der Waals surface area contributed by atoms with Crippen molar-refractivity contribution in [1.82, 2.24) is 15.1 Å². The Kier molecular flexibility index (Phi) is 3.52. The van der Waals surface area contributed by atoms with Crippen molar-refractivity contribution in [3.8, 4) is 0 Å². The van der Waals surface area contributed by atoms with Gasteiger partial charge in [0.25, 0.3) is 0 Å². The molecule has 0 unspecified atom stereocenters. The topological polar surface area (TPSA) is 69.7 Å². The number of hydrogen-bond donors (Lipinski definition) is 1. The lowest BCUT2D eigenvalue weighted by atomic mass is 9.90. The number of rotatable bonds is 4. The van der Waals surface area contributed by atoms with Crippen LogP contribution in [-0.4, -0.2) is 54.3 Å². The molecule has 6 heteroatoms. The quantitative estimate of drug-likeness (QED) is 0.803. The third kappa shape index (κ3) is 3.05. The molecule has 0 bridgehead atoms. The Bertz CT molecular complexity index is 415. The number of likely N-dealkylation sites (N-methyl/N-ethyl adjacent to an activating group) is 1. The minimum absolute atomic E-state index is 0.169. The Labute approximate surface area is 113 Å². The molecule has 1 saturated carbocycles. The van der Waals surface area contributed by atoms with Crippen LogP contribution in [0.1, 0.15) is 26.7 Å². The zero-order valence-corrected chi connectivity index (χ0v) is 11.7. The van der Waals surface area contributed by atoms with Gasteiger partial charge in [-0.05, 0) is 32.6 Å². The lowest BCUT2D eigenvalue weighted by Gasteiger charge is -2.36. The molecule has 1 aliphatic carbocycles. The molecule has 1 heterocycles. The van der Waals surface area contributed by atoms with Crippen LogP contribution >= 0.6 is 0 Å². The number of nitrogens with zero attached hydrogens (tertiary/aromatic N) is 2. The van der Waals surface area contributed by atoms with E-state index in [4.69, 9.17) is 0 Å². The summed E-state index contributed by atoms with van der Waals surface area (Å²) >= 11 is 0. The molecular weight excluding hydrogens is 246 g/mol. The van der Waals surface area contributed by atoms with Gasteiger partial charge in [-0.3, -0.25) is 14.5 Å². The van der Waals surface area contributed by atoms with Gasteiger partial charge < -0.3 is 10.2 Å². The van der Waals surface area contributed by atoms with Gasteiger partial charge in [0.1, 0.15) is 6.54 Å². The first-order valence-electron chi connectivity index (χ1n) is 6.65. The summed E-state index contributed by atoms with van der Waals surface area (Å²) in [6.07, 6.45) is 2.32. The number of hydrogen-bond acceptors (Lipinski definition) is 3. The van der Waals surface area contributed by atoms with Crippen molar-refractivity contribution in [2.75, 3.05) is 26.7 Å². The maximum atomic E-state index is 12.1. The number of nitrogens with one attached hydrogen (secondary N) is 1. The Morgan fingerprint density at radius 2 is 2.05 bits per heavy atom. The predicted octanol–water partition coefficient (Wildman–Crippen LogP) is 0.433. The van der Waals surface area contributed by atoms with E-state index >= 15 is 0 Å². The molecule has 0 aromatic carbocycles. The van der Waals surface area contributed by atoms with Gasteiger partial charge in [-0.25, -0.2) is 4.79 Å². The summed E-state index contributed by atoms with van der Waals surface area (Å²) < 4.78 is 0. The fourth-order valence-corrected chi connectivity index (χ4v) is 2.11. The fraction of sp³-hybridized carbons (Fsp3) is 0.769. The lowest BCUT2D eigenvalue weighted by molar-refractivity contribution is -0.144. The molecule has 6 nitrogen and oxygen atoms in total. The van der Waals surface area contributed by atoms with Crippen LogP contribution in [0.3, 0.4) is 0 Å². The standard InChI is InChI=1S/C13H21N3O3/c1-13(2)8-14-12(19)16(11(13)18)7-10(17)15(3)6-9-4-5-9/h9H,4-8H2,1-3H3,(H,14,19). The number of urea groups is 1. The monoisotopic (exact) mass is 267 g/mol. The highest BCUT2D eigenvalue weighted by atomic mass is 16.2. The molecule has 2 aliphatic rings. The minimum atomic E-state index is -0.650. The molecule has 19 heavy (non-hydrogen) atoms. The van der Waals surface area contributed by atoms with E-state index in [0.29, 0.717) is 19.0 Å². The first-order chi connectivity index (χ1) is 8.81. The molecular formula is C13H21N3O3. The van der Waals surface area contributed by atoms with Gasteiger partial charge in [0.2, 0.25) is 11.8 Å². The summed E-state index contributed by atoms with van der Waals surface area (Å²) in [6, 6.07) is -0.475. The Morgan fingerprint density at radius 1 is 1.42 bits per heavy atom. The lowest BCUT2D eigenvalue weighted by Crippen LogP contribution is -2.60. The van der Waals surface area contributed by atoms with Gasteiger partial charge in [-0.2, -0.15) is 0 Å². The highest BCUT2D eigenvalue weighted by molar-refractivity contribution is 6.02. The molecule has 0 atom stereocenters. The second-order valence-electron chi connectivity index (χ2n) is 6.15. The van der Waals surface area contributed by atoms with Gasteiger partial charge in [0, 0.05) is 20.1 Å². The van der Waals surface area contributed by atoms with Crippen molar-refractivity contribution in [2.24, 2.45) is 11.3 Å². The summed E-state index contributed by atoms with van der Waals surface area (Å²) in [5, 5.41) is 2.65. The van der Waals surface area contributed by atoms with Gasteiger partial charge in [0.15, 0.2) is 0 Å². The molecule has 106 valence electrons. The van der Waals surface area contributed by atoms with E-state index in [9.17, 15) is 14.4 Å². The van der Waals surface area contributed by atoms with Crippen LogP contribution < -0.4 is 5.32 Å². The normalized spacial score (nSPS) is 22.2. The van der Waals surface area contributed by atoms with Crippen LogP contribution in [-0.2, 0) is 9.59 Å². The number of imide groups is 1. The van der Waals surface area contributed by atoms with E-state index in [2.05, 4.69) is 5.32 Å². The average Bonchev–Trinajstić information content (AvgIpc) is 3.14. The van der Waals surface area contributed by atoms with E-state index in [0.717, 1.165) is 17.7 Å². The summed E-state index contributed by atoms with van der Waals surface area (Å²) in [6.45, 7) is 4.39. The zero-order valence-electron chi connectivity index (χ0n) is 11.7. The van der Waals surface area contributed by atoms with E-state index in [1.165, 1.54) is 0 Å². The van der Waals surface area contributed by atoms with Crippen molar-refractivity contribution in [2.45, 2.75) is 26.7 Å². The molecule has 0 radical (unpaired) electrons.